The zero-order chi connectivity index (χ0) is 65.4. The molecule has 5 heterocycles. The van der Waals surface area contributed by atoms with Crippen LogP contribution in [0.4, 0.5) is 0 Å². The predicted molar refractivity (Wildman–Crippen MR) is 303 cm³/mol. The first-order valence-electron chi connectivity index (χ1n) is 32.0. The molecule has 9 aliphatic rings. The molecule has 4 aliphatic carbocycles. The normalized spacial score (nSPS) is 50.9. The van der Waals surface area contributed by atoms with E-state index in [0.717, 1.165) is 19.3 Å². The van der Waals surface area contributed by atoms with Gasteiger partial charge in [-0.15, -0.1) is 0 Å². The Morgan fingerprint density at radius 2 is 1.11 bits per heavy atom. The van der Waals surface area contributed by atoms with Gasteiger partial charge in [0, 0.05) is 17.3 Å². The average molecular weight is 1290 g/mol. The fraction of sp³-hybridized carbons (Fsp3) is 0.967. The van der Waals surface area contributed by atoms with E-state index in [4.69, 9.17) is 47.4 Å². The van der Waals surface area contributed by atoms with Crippen molar-refractivity contribution in [3.05, 3.63) is 11.6 Å². The largest absolute Gasteiger partial charge is 0.394 e. The Kier molecular flexibility index (Phi) is 22.6. The first-order valence-corrected chi connectivity index (χ1v) is 32.0. The third-order valence-corrected chi connectivity index (χ3v) is 23.0. The Bertz CT molecular complexity index is 2330. The summed E-state index contributed by atoms with van der Waals surface area (Å²) in [6.45, 7) is 12.5. The lowest BCUT2D eigenvalue weighted by molar-refractivity contribution is -0.397. The van der Waals surface area contributed by atoms with Gasteiger partial charge in [-0.05, 0) is 106 Å². The Morgan fingerprint density at radius 1 is 0.584 bits per heavy atom. The van der Waals surface area contributed by atoms with Crippen LogP contribution >= 0.6 is 0 Å². The molecule has 3 saturated carbocycles. The summed E-state index contributed by atoms with van der Waals surface area (Å²) in [5.41, 5.74) is -2.16. The molecule has 3 unspecified atom stereocenters. The molecule has 18 N–H and O–H groups in total. The van der Waals surface area contributed by atoms with E-state index in [9.17, 15) is 91.9 Å². The molecule has 89 heavy (non-hydrogen) atoms. The average Bonchev–Trinajstić information content (AvgIpc) is 1.47. The third kappa shape index (κ3) is 13.1. The summed E-state index contributed by atoms with van der Waals surface area (Å²) in [6, 6.07) is 0. The number of aliphatic hydroxyl groups is 18. The van der Waals surface area contributed by atoms with Gasteiger partial charge < -0.3 is 139 Å². The van der Waals surface area contributed by atoms with Gasteiger partial charge in [-0.3, -0.25) is 0 Å². The molecule has 0 aromatic rings. The second-order valence-electron chi connectivity index (χ2n) is 28.7. The maximum Gasteiger partial charge on any atom is 0.187 e. The molecule has 5 aliphatic heterocycles. The highest BCUT2D eigenvalue weighted by Gasteiger charge is 2.71. The van der Waals surface area contributed by atoms with Gasteiger partial charge in [0.2, 0.25) is 0 Å². The number of rotatable bonds is 21. The topological polar surface area (TPSA) is 456 Å². The quantitative estimate of drug-likeness (QED) is 0.0487. The highest BCUT2D eigenvalue weighted by molar-refractivity contribution is 5.32. The molecule has 5 saturated heterocycles. The van der Waals surface area contributed by atoms with Crippen molar-refractivity contribution in [3.63, 3.8) is 0 Å². The van der Waals surface area contributed by atoms with E-state index in [1.165, 1.54) is 19.4 Å². The molecule has 28 heteroatoms. The molecule has 8 fully saturated rings. The van der Waals surface area contributed by atoms with Gasteiger partial charge in [0.15, 0.2) is 31.5 Å². The predicted octanol–water partition coefficient (Wildman–Crippen LogP) is -3.99. The van der Waals surface area contributed by atoms with Crippen LogP contribution in [0.3, 0.4) is 0 Å². The summed E-state index contributed by atoms with van der Waals surface area (Å²) in [5, 5.41) is 197. The number of hydrogen-bond acceptors (Lipinski definition) is 28. The van der Waals surface area contributed by atoms with Crippen LogP contribution in [0.2, 0.25) is 0 Å². The van der Waals surface area contributed by atoms with E-state index in [0.29, 0.717) is 32.1 Å². The maximum atomic E-state index is 12.9. The summed E-state index contributed by atoms with van der Waals surface area (Å²) in [7, 11) is 0. The highest BCUT2D eigenvalue weighted by Crippen LogP contribution is 2.76. The first-order chi connectivity index (χ1) is 41.8. The van der Waals surface area contributed by atoms with E-state index < -0.39 is 202 Å². The fourth-order valence-corrected chi connectivity index (χ4v) is 17.6. The van der Waals surface area contributed by atoms with Gasteiger partial charge in [0.25, 0.3) is 0 Å². The smallest absolute Gasteiger partial charge is 0.187 e. The summed E-state index contributed by atoms with van der Waals surface area (Å²) >= 11 is 0. The van der Waals surface area contributed by atoms with Crippen molar-refractivity contribution < 1.29 is 139 Å². The van der Waals surface area contributed by atoms with E-state index in [-0.39, 0.29) is 60.1 Å². The standard InChI is InChI=1S/C61H104O28/c1-9-61-17-16-27(59(61,7)19-36(67)60(8)29-12-15-37(57(3,4)28(29)11-13-35(60)61)86-53-39(68)30(66)18-26(20-62)81-53)25(2)10-14-38(58(5,6)79)87-56-51(89-55-48(77)45(74)42(71)33(23-65)84-55)49(78)50(88-54-47(76)44(73)41(70)32(22-64)83-54)34(85-56)24-80-52-46(75)43(72)40(69)31(21-63)82-52/h11,25-27,29-56,62-79H,9-10,12-24H2,1-8H3/t25-,26+,27?,29?,30+,31-,32-,33-,34-,35?,36-,37+,38-,39-,40-,41-,42-,43+,44+,45+,46-,47-,48-,49+,50-,51-,52+,53+,54-,55+,56+,59-,60+,61+/m1/s1. The lowest BCUT2D eigenvalue weighted by Crippen LogP contribution is -2.67. The van der Waals surface area contributed by atoms with Crippen LogP contribution in [-0.2, 0) is 47.4 Å². The van der Waals surface area contributed by atoms with Crippen molar-refractivity contribution >= 4 is 0 Å². The minimum absolute atomic E-state index is 0.00992. The van der Waals surface area contributed by atoms with Crippen molar-refractivity contribution in [1.29, 1.82) is 0 Å². The number of fused-ring (bicyclic) bond motifs is 5. The Balaban J connectivity index is 0.978. The van der Waals surface area contributed by atoms with Crippen molar-refractivity contribution in [2.24, 2.45) is 45.3 Å². The Morgan fingerprint density at radius 3 is 1.65 bits per heavy atom. The van der Waals surface area contributed by atoms with Gasteiger partial charge in [-0.25, -0.2) is 0 Å². The molecule has 516 valence electrons. The first kappa shape index (κ1) is 71.9. The Hall–Kier alpha value is -1.38. The fourth-order valence-electron chi connectivity index (χ4n) is 17.6. The molecule has 28 nitrogen and oxygen atoms in total. The van der Waals surface area contributed by atoms with E-state index in [1.54, 1.807) is 0 Å². The zero-order valence-corrected chi connectivity index (χ0v) is 52.2. The zero-order valence-electron chi connectivity index (χ0n) is 52.2. The number of ether oxygens (including phenoxy) is 10. The van der Waals surface area contributed by atoms with Crippen LogP contribution in [0, 0.1) is 45.3 Å². The molecule has 34 atom stereocenters. The molecule has 0 aromatic heterocycles. The summed E-state index contributed by atoms with van der Waals surface area (Å²) in [6.07, 6.45) is -35.3. The van der Waals surface area contributed by atoms with Crippen LogP contribution in [-0.4, -0.2) is 296 Å². The molecular formula is C61H104O28. The highest BCUT2D eigenvalue weighted by atomic mass is 16.8. The number of hydrogen-bond donors (Lipinski definition) is 18. The minimum atomic E-state index is -2.11. The van der Waals surface area contributed by atoms with Gasteiger partial charge >= 0.3 is 0 Å². The summed E-state index contributed by atoms with van der Waals surface area (Å²) in [5.74, 6) is 0.104. The van der Waals surface area contributed by atoms with Crippen LogP contribution in [0.1, 0.15) is 120 Å². The molecular weight excluding hydrogens is 1180 g/mol. The van der Waals surface area contributed by atoms with Crippen LogP contribution in [0.5, 0.6) is 0 Å². The molecule has 0 aromatic carbocycles. The molecule has 9 rings (SSSR count). The van der Waals surface area contributed by atoms with Gasteiger partial charge in [-0.2, -0.15) is 0 Å². The van der Waals surface area contributed by atoms with Crippen LogP contribution in [0.25, 0.3) is 0 Å². The van der Waals surface area contributed by atoms with Crippen molar-refractivity contribution in [2.45, 2.75) is 291 Å². The minimum Gasteiger partial charge on any atom is -0.394 e. The second kappa shape index (κ2) is 28.0. The number of allylic oxidation sites excluding steroid dienone is 1. The van der Waals surface area contributed by atoms with Gasteiger partial charge in [-0.1, -0.05) is 53.2 Å². The maximum absolute atomic E-state index is 12.9. The van der Waals surface area contributed by atoms with Crippen LogP contribution < -0.4 is 0 Å². The molecule has 0 bridgehead atoms. The second-order valence-corrected chi connectivity index (χ2v) is 28.7. The van der Waals surface area contributed by atoms with Crippen molar-refractivity contribution in [3.8, 4) is 0 Å². The lowest BCUT2D eigenvalue weighted by atomic mass is 9.37. The van der Waals surface area contributed by atoms with Crippen LogP contribution in [0.15, 0.2) is 11.6 Å². The monoisotopic (exact) mass is 1280 g/mol. The summed E-state index contributed by atoms with van der Waals surface area (Å²) in [4.78, 5) is 0. The van der Waals surface area contributed by atoms with Crippen molar-refractivity contribution in [2.75, 3.05) is 33.0 Å². The number of aliphatic hydroxyl groups excluding tert-OH is 17. The molecule has 0 spiro atoms. The van der Waals surface area contributed by atoms with E-state index in [2.05, 4.69) is 47.6 Å². The Labute approximate surface area is 518 Å². The van der Waals surface area contributed by atoms with Crippen molar-refractivity contribution in [1.82, 2.24) is 0 Å². The SMILES string of the molecule is CC[C@@]12CCC([C@H](C)CC[C@@H](O[C@@H]3O[C@H](CO[C@H]4O[C@H](CO)[C@@H](O)[C@H](O)[C@H]4O)[C@@H](O[C@H]4O[C@H](CO)[C@@H](O)[C@H](O)[C@H]4O)[C@H](O)[C@H]3O[C@@H]3O[C@H](CO)[C@@H](O)[C@H](O)[C@H]3O)C(C)(C)O)[C@@]1(C)C[C@@H](O)[C@@]1(C)C3CC[C@H](O[C@@H]4O[C@H](CO)C[C@H](O)[C@H]4O)C(C)(C)C3=CCC12. The molecule has 0 amide bonds. The third-order valence-electron chi connectivity index (χ3n) is 23.0. The summed E-state index contributed by atoms with van der Waals surface area (Å²) < 4.78 is 61.0. The molecule has 0 radical (unpaired) electrons. The van der Waals surface area contributed by atoms with E-state index >= 15 is 0 Å². The van der Waals surface area contributed by atoms with E-state index in [1.807, 2.05) is 0 Å². The van der Waals surface area contributed by atoms with Gasteiger partial charge in [0.05, 0.1) is 69.2 Å². The van der Waals surface area contributed by atoms with Gasteiger partial charge in [0.1, 0.15) is 104 Å². The lowest BCUT2D eigenvalue weighted by Gasteiger charge is -2.68.